The number of allylic oxidation sites excluding steroid dienone is 3. The summed E-state index contributed by atoms with van der Waals surface area (Å²) in [5.74, 6) is -0.524. The number of rotatable bonds is 59. The van der Waals surface area contributed by atoms with Gasteiger partial charge >= 0.3 is 5.97 Å². The van der Waals surface area contributed by atoms with E-state index in [0.717, 1.165) is 57.8 Å². The van der Waals surface area contributed by atoms with Gasteiger partial charge in [0.25, 0.3) is 7.82 Å². The molecular formula is C64H125N2O7P. The largest absolute Gasteiger partial charge is 0.756 e. The second-order valence-electron chi connectivity index (χ2n) is 23.3. The molecule has 1 amide bonds. The van der Waals surface area contributed by atoms with Crippen LogP contribution in [-0.2, 0) is 27.9 Å². The second-order valence-corrected chi connectivity index (χ2v) is 24.7. The number of hydrogen-bond donors (Lipinski definition) is 1. The van der Waals surface area contributed by atoms with Crippen molar-refractivity contribution in [1.29, 1.82) is 0 Å². The van der Waals surface area contributed by atoms with Crippen LogP contribution in [0.2, 0.25) is 0 Å². The molecule has 0 aromatic heterocycles. The molecule has 0 fully saturated rings. The third-order valence-electron chi connectivity index (χ3n) is 14.6. The summed E-state index contributed by atoms with van der Waals surface area (Å²) in [7, 11) is 1.20. The predicted octanol–water partition coefficient (Wildman–Crippen LogP) is 19.1. The van der Waals surface area contributed by atoms with E-state index in [1.165, 1.54) is 231 Å². The smallest absolute Gasteiger partial charge is 0.306 e. The van der Waals surface area contributed by atoms with Gasteiger partial charge in [0.1, 0.15) is 19.3 Å². The van der Waals surface area contributed by atoms with Crippen LogP contribution in [-0.4, -0.2) is 69.4 Å². The Morgan fingerprint density at radius 1 is 0.459 bits per heavy atom. The molecule has 0 aliphatic carbocycles. The van der Waals surface area contributed by atoms with Gasteiger partial charge in [-0.15, -0.1) is 0 Å². The first-order valence-corrected chi connectivity index (χ1v) is 33.6. The monoisotopic (exact) mass is 1060 g/mol. The van der Waals surface area contributed by atoms with Crippen molar-refractivity contribution in [2.75, 3.05) is 40.9 Å². The van der Waals surface area contributed by atoms with Crippen molar-refractivity contribution in [2.24, 2.45) is 0 Å². The number of phosphoric acid groups is 1. The Labute approximate surface area is 460 Å². The molecule has 9 nitrogen and oxygen atoms in total. The molecular weight excluding hydrogens is 940 g/mol. The molecule has 10 heteroatoms. The molecule has 0 aromatic rings. The molecule has 0 heterocycles. The highest BCUT2D eigenvalue weighted by Gasteiger charge is 2.27. The molecule has 0 aliphatic heterocycles. The predicted molar refractivity (Wildman–Crippen MR) is 317 cm³/mol. The van der Waals surface area contributed by atoms with Crippen molar-refractivity contribution >= 4 is 19.7 Å². The molecule has 0 radical (unpaired) electrons. The molecule has 0 aliphatic rings. The minimum atomic E-state index is -4.69. The van der Waals surface area contributed by atoms with Crippen LogP contribution in [0.15, 0.2) is 24.3 Å². The first-order chi connectivity index (χ1) is 35.9. The van der Waals surface area contributed by atoms with Gasteiger partial charge < -0.3 is 28.5 Å². The number of nitrogens with zero attached hydrogens (tertiary/aromatic N) is 1. The third-order valence-corrected chi connectivity index (χ3v) is 15.6. The van der Waals surface area contributed by atoms with Crippen LogP contribution in [0.1, 0.15) is 323 Å². The van der Waals surface area contributed by atoms with Crippen molar-refractivity contribution < 1.29 is 37.3 Å². The van der Waals surface area contributed by atoms with Crippen LogP contribution in [0.25, 0.3) is 0 Å². The SMILES string of the molecule is CCCCCCCC/C=C/CCCCCCCCCCCCCC(=O)NC(COP(=O)([O-])OCC[N+](C)(C)C)C(/C=C\CCCCCCCCCCCC)OC(=O)CCCCCCCCCCCCCCCCC. The van der Waals surface area contributed by atoms with E-state index >= 15 is 0 Å². The maximum Gasteiger partial charge on any atom is 0.306 e. The number of hydrogen-bond acceptors (Lipinski definition) is 7. The fraction of sp³-hybridized carbons (Fsp3) is 0.906. The summed E-state index contributed by atoms with van der Waals surface area (Å²) in [5.41, 5.74) is 0. The zero-order valence-electron chi connectivity index (χ0n) is 50.1. The van der Waals surface area contributed by atoms with Crippen LogP contribution in [0.4, 0.5) is 0 Å². The van der Waals surface area contributed by atoms with Gasteiger partial charge in [-0.1, -0.05) is 277 Å². The summed E-state index contributed by atoms with van der Waals surface area (Å²) in [6.45, 7) is 6.88. The molecule has 0 saturated carbocycles. The molecule has 0 bridgehead atoms. The Balaban J connectivity index is 5.16. The van der Waals surface area contributed by atoms with E-state index in [4.69, 9.17) is 13.8 Å². The number of esters is 1. The van der Waals surface area contributed by atoms with Crippen LogP contribution in [0, 0.1) is 0 Å². The number of ether oxygens (including phenoxy) is 1. The molecule has 1 N–H and O–H groups in total. The highest BCUT2D eigenvalue weighted by Crippen LogP contribution is 2.38. The lowest BCUT2D eigenvalue weighted by atomic mass is 10.0. The molecule has 0 aromatic carbocycles. The lowest BCUT2D eigenvalue weighted by Gasteiger charge is -2.30. The van der Waals surface area contributed by atoms with E-state index in [0.29, 0.717) is 17.4 Å². The maximum absolute atomic E-state index is 13.5. The number of phosphoric ester groups is 1. The molecule has 3 unspecified atom stereocenters. The van der Waals surface area contributed by atoms with Gasteiger partial charge in [-0.05, 0) is 57.4 Å². The number of carbonyl (C=O) groups is 2. The van der Waals surface area contributed by atoms with Gasteiger partial charge in [-0.25, -0.2) is 0 Å². The minimum absolute atomic E-state index is 0.0186. The number of likely N-dealkylation sites (N-methyl/N-ethyl adjacent to an activating group) is 1. The van der Waals surface area contributed by atoms with Crippen molar-refractivity contribution in [1.82, 2.24) is 5.32 Å². The van der Waals surface area contributed by atoms with Crippen molar-refractivity contribution in [3.05, 3.63) is 24.3 Å². The minimum Gasteiger partial charge on any atom is -0.756 e. The Kier molecular flexibility index (Phi) is 53.7. The zero-order chi connectivity index (χ0) is 54.3. The maximum atomic E-state index is 13.5. The molecule has 438 valence electrons. The number of nitrogens with one attached hydrogen (secondary N) is 1. The highest BCUT2D eigenvalue weighted by molar-refractivity contribution is 7.45. The summed E-state index contributed by atoms with van der Waals surface area (Å²) < 4.78 is 30.3. The van der Waals surface area contributed by atoms with E-state index < -0.39 is 20.0 Å². The molecule has 74 heavy (non-hydrogen) atoms. The van der Waals surface area contributed by atoms with Crippen LogP contribution >= 0.6 is 7.82 Å². The topological polar surface area (TPSA) is 114 Å². The first-order valence-electron chi connectivity index (χ1n) is 32.1. The molecule has 0 saturated heterocycles. The van der Waals surface area contributed by atoms with Gasteiger partial charge in [-0.2, -0.15) is 0 Å². The zero-order valence-corrected chi connectivity index (χ0v) is 51.0. The quantitative estimate of drug-likeness (QED) is 0.0212. The fourth-order valence-electron chi connectivity index (χ4n) is 9.64. The van der Waals surface area contributed by atoms with Crippen LogP contribution in [0.5, 0.6) is 0 Å². The van der Waals surface area contributed by atoms with E-state index in [1.807, 2.05) is 33.3 Å². The normalized spacial score (nSPS) is 13.8. The standard InChI is InChI=1S/C64H125N2O7P/c1-7-10-13-16-19-22-25-28-30-31-32-33-34-35-37-38-41-44-47-50-53-56-63(67)65-61(60-72-74(69,70)71-59-58-66(4,5)6)62(55-52-49-46-43-40-27-24-21-18-15-12-9-3)73-64(68)57-54-51-48-45-42-39-36-29-26-23-20-17-14-11-8-2/h28,30,52,55,61-62H,7-27,29,31-51,53-54,56-60H2,1-6H3,(H-,65,67,69,70)/b30-28+,55-52-. The summed E-state index contributed by atoms with van der Waals surface area (Å²) in [6, 6.07) is -0.882. The van der Waals surface area contributed by atoms with Crippen LogP contribution in [0.3, 0.4) is 0 Å². The van der Waals surface area contributed by atoms with Crippen molar-refractivity contribution in [3.8, 4) is 0 Å². The second kappa shape index (κ2) is 54.8. The lowest BCUT2D eigenvalue weighted by Crippen LogP contribution is -2.47. The Morgan fingerprint density at radius 2 is 0.784 bits per heavy atom. The number of unbranched alkanes of at least 4 members (excludes halogenated alkanes) is 41. The van der Waals surface area contributed by atoms with Crippen molar-refractivity contribution in [3.63, 3.8) is 0 Å². The molecule has 3 atom stereocenters. The van der Waals surface area contributed by atoms with E-state index in [-0.39, 0.29) is 31.5 Å². The van der Waals surface area contributed by atoms with Gasteiger partial charge in [0.05, 0.1) is 33.8 Å². The average molecular weight is 1070 g/mol. The van der Waals surface area contributed by atoms with Crippen molar-refractivity contribution in [2.45, 2.75) is 335 Å². The van der Waals surface area contributed by atoms with Gasteiger partial charge in [0, 0.05) is 12.8 Å². The summed E-state index contributed by atoms with van der Waals surface area (Å²) in [6.07, 6.45) is 64.3. The van der Waals surface area contributed by atoms with E-state index in [2.05, 4.69) is 38.2 Å². The molecule has 0 rings (SSSR count). The van der Waals surface area contributed by atoms with Gasteiger partial charge in [-0.3, -0.25) is 14.2 Å². The Hall–Kier alpha value is -1.51. The Morgan fingerprint density at radius 3 is 1.15 bits per heavy atom. The van der Waals surface area contributed by atoms with Gasteiger partial charge in [0.15, 0.2) is 0 Å². The number of amides is 1. The number of quaternary nitrogens is 1. The Bertz CT molecular complexity index is 1320. The summed E-state index contributed by atoms with van der Waals surface area (Å²) in [5, 5.41) is 3.04. The van der Waals surface area contributed by atoms with Crippen LogP contribution < -0.4 is 10.2 Å². The van der Waals surface area contributed by atoms with E-state index in [9.17, 15) is 19.0 Å². The third kappa shape index (κ3) is 55.3. The summed E-state index contributed by atoms with van der Waals surface area (Å²) >= 11 is 0. The number of carbonyl (C=O) groups excluding carboxylic acids is 2. The lowest BCUT2D eigenvalue weighted by molar-refractivity contribution is -0.870. The fourth-order valence-corrected chi connectivity index (χ4v) is 10.4. The van der Waals surface area contributed by atoms with Gasteiger partial charge in [0.2, 0.25) is 5.91 Å². The summed E-state index contributed by atoms with van der Waals surface area (Å²) in [4.78, 5) is 40.0. The average Bonchev–Trinajstić information content (AvgIpc) is 3.36. The first kappa shape index (κ1) is 72.5. The van der Waals surface area contributed by atoms with E-state index in [1.54, 1.807) is 0 Å². The highest BCUT2D eigenvalue weighted by atomic mass is 31.2. The molecule has 0 spiro atoms.